The molecule has 0 aromatic carbocycles. The van der Waals surface area contributed by atoms with Gasteiger partial charge in [0, 0.05) is 50.7 Å². The van der Waals surface area contributed by atoms with Gasteiger partial charge in [-0.1, -0.05) is 13.8 Å². The van der Waals surface area contributed by atoms with E-state index in [0.717, 1.165) is 24.5 Å². The molecule has 0 N–H and O–H groups in total. The van der Waals surface area contributed by atoms with Crippen molar-refractivity contribution in [1.82, 2.24) is 15.0 Å². The van der Waals surface area contributed by atoms with Crippen LogP contribution in [0.5, 0.6) is 0 Å². The molecule has 57 valence electrons. The van der Waals surface area contributed by atoms with Crippen LogP contribution in [0.15, 0.2) is 0 Å². The molecule has 1 aromatic heterocycles. The third-order valence-corrected chi connectivity index (χ3v) is 1.25. The number of aryl methyl sites for hydroxylation is 2. The summed E-state index contributed by atoms with van der Waals surface area (Å²) in [5, 5.41) is 0. The Morgan fingerprint density at radius 3 is 1.91 bits per heavy atom. The molecule has 0 unspecified atom stereocenters. The normalized spacial score (nSPS) is 8.91. The van der Waals surface area contributed by atoms with Crippen molar-refractivity contribution in [3.8, 4) is 0 Å². The monoisotopic (exact) mass is 225 g/mol. The Morgan fingerprint density at radius 1 is 1.09 bits per heavy atom. The maximum atomic E-state index is 4.16. The molecule has 0 bridgehead atoms. The van der Waals surface area contributed by atoms with Gasteiger partial charge in [0.25, 0.3) is 0 Å². The number of aromatic nitrogens is 3. The van der Waals surface area contributed by atoms with Gasteiger partial charge in [-0.25, -0.2) is 0 Å². The molecular weight excluding hydrogens is 215 g/mol. The predicted octanol–water partition coefficient (Wildman–Crippen LogP) is 0.794. The second-order valence-corrected chi connectivity index (χ2v) is 1.97. The first-order valence-corrected chi connectivity index (χ1v) is 3.46. The molecule has 4 heteroatoms. The summed E-state index contributed by atoms with van der Waals surface area (Å²) in [7, 11) is 0. The Bertz CT molecular complexity index is 195. The van der Waals surface area contributed by atoms with Crippen molar-refractivity contribution >= 4 is 0 Å². The zero-order valence-corrected chi connectivity index (χ0v) is 9.67. The maximum absolute atomic E-state index is 4.16. The van der Waals surface area contributed by atoms with Crippen LogP contribution in [0.1, 0.15) is 25.5 Å². The Morgan fingerprint density at radius 2 is 1.55 bits per heavy atom. The van der Waals surface area contributed by atoms with Crippen molar-refractivity contribution in [2.45, 2.75) is 26.7 Å². The van der Waals surface area contributed by atoms with E-state index in [2.05, 4.69) is 21.3 Å². The summed E-state index contributed by atoms with van der Waals surface area (Å²) in [6.07, 6.45) is 4.28. The zero-order valence-electron chi connectivity index (χ0n) is 6.83. The van der Waals surface area contributed by atoms with E-state index in [-0.39, 0.29) is 32.7 Å². The maximum Gasteiger partial charge on any atom is 0.0247 e. The molecule has 0 fully saturated rings. The van der Waals surface area contributed by atoms with E-state index in [0.29, 0.717) is 0 Å². The van der Waals surface area contributed by atoms with E-state index in [9.17, 15) is 0 Å². The van der Waals surface area contributed by atoms with Gasteiger partial charge in [0.1, 0.15) is 0 Å². The van der Waals surface area contributed by atoms with E-state index in [1.807, 2.05) is 13.8 Å². The van der Waals surface area contributed by atoms with E-state index in [1.54, 1.807) is 0 Å². The SMILES string of the molecule is CCc1n[c-]nc(CC)n1.[Y]. The van der Waals surface area contributed by atoms with E-state index < -0.39 is 0 Å². The second-order valence-electron chi connectivity index (χ2n) is 1.97. The quantitative estimate of drug-likeness (QED) is 0.698. The molecule has 0 saturated carbocycles. The molecular formula is C7H10N3Y-. The Labute approximate surface area is 91.9 Å². The Hall–Kier alpha value is 0.114. The van der Waals surface area contributed by atoms with Crippen LogP contribution < -0.4 is 0 Å². The minimum atomic E-state index is 0. The van der Waals surface area contributed by atoms with Crippen LogP contribution in [0.25, 0.3) is 0 Å². The van der Waals surface area contributed by atoms with Gasteiger partial charge < -0.3 is 15.0 Å². The number of hydrogen-bond acceptors (Lipinski definition) is 3. The average molecular weight is 225 g/mol. The molecule has 1 heterocycles. The predicted molar refractivity (Wildman–Crippen MR) is 37.4 cm³/mol. The van der Waals surface area contributed by atoms with Gasteiger partial charge in [0.2, 0.25) is 0 Å². The van der Waals surface area contributed by atoms with E-state index in [4.69, 9.17) is 0 Å². The van der Waals surface area contributed by atoms with E-state index >= 15 is 0 Å². The van der Waals surface area contributed by atoms with Gasteiger partial charge in [0.15, 0.2) is 0 Å². The number of rotatable bonds is 2. The first kappa shape index (κ1) is 11.1. The van der Waals surface area contributed by atoms with Gasteiger partial charge in [-0.05, 0) is 12.8 Å². The summed E-state index contributed by atoms with van der Waals surface area (Å²) in [5.74, 6) is 1.65. The van der Waals surface area contributed by atoms with Crippen molar-refractivity contribution in [1.29, 1.82) is 0 Å². The van der Waals surface area contributed by atoms with Crippen molar-refractivity contribution < 1.29 is 32.7 Å². The van der Waals surface area contributed by atoms with Crippen molar-refractivity contribution in [3.05, 3.63) is 18.0 Å². The van der Waals surface area contributed by atoms with Crippen LogP contribution in [-0.4, -0.2) is 15.0 Å². The van der Waals surface area contributed by atoms with Gasteiger partial charge in [-0.2, -0.15) is 0 Å². The second kappa shape index (κ2) is 5.72. The smallest absolute Gasteiger partial charge is 0.0247 e. The fourth-order valence-corrected chi connectivity index (χ4v) is 0.656. The average Bonchev–Trinajstić information content (AvgIpc) is 2.05. The van der Waals surface area contributed by atoms with Crippen molar-refractivity contribution in [2.24, 2.45) is 0 Å². The topological polar surface area (TPSA) is 38.7 Å². The minimum absolute atomic E-state index is 0. The molecule has 0 aliphatic heterocycles. The van der Waals surface area contributed by atoms with Crippen LogP contribution >= 0.6 is 0 Å². The molecule has 0 spiro atoms. The van der Waals surface area contributed by atoms with Crippen LogP contribution in [0.3, 0.4) is 0 Å². The molecule has 1 aromatic rings. The standard InChI is InChI=1S/C7H10N3.Y/c1-3-6-8-5-9-7(4-2)10-6;/h3-4H2,1-2H3;/q-1;. The zero-order chi connectivity index (χ0) is 7.40. The molecule has 0 atom stereocenters. The third-order valence-electron chi connectivity index (χ3n) is 1.25. The fraction of sp³-hybridized carbons (Fsp3) is 0.571. The van der Waals surface area contributed by atoms with Gasteiger partial charge >= 0.3 is 0 Å². The minimum Gasteiger partial charge on any atom is -0.352 e. The third kappa shape index (κ3) is 3.34. The Kier molecular flexibility index (Phi) is 5.78. The van der Waals surface area contributed by atoms with Gasteiger partial charge in [-0.15, -0.1) is 0 Å². The van der Waals surface area contributed by atoms with Crippen LogP contribution in [0, 0.1) is 6.33 Å². The summed E-state index contributed by atoms with van der Waals surface area (Å²) >= 11 is 0. The van der Waals surface area contributed by atoms with Gasteiger partial charge in [-0.3, -0.25) is 0 Å². The summed E-state index contributed by atoms with van der Waals surface area (Å²) in [5.41, 5.74) is 0. The Balaban J connectivity index is 0.000001000. The molecule has 0 saturated heterocycles. The fourth-order valence-electron chi connectivity index (χ4n) is 0.656. The summed E-state index contributed by atoms with van der Waals surface area (Å²) < 4.78 is 0. The first-order valence-electron chi connectivity index (χ1n) is 3.46. The first-order chi connectivity index (χ1) is 4.86. The molecule has 0 aliphatic carbocycles. The molecule has 0 aliphatic rings. The number of nitrogens with zero attached hydrogens (tertiary/aromatic N) is 3. The summed E-state index contributed by atoms with van der Waals surface area (Å²) in [6, 6.07) is 0. The largest absolute Gasteiger partial charge is 0.352 e. The summed E-state index contributed by atoms with van der Waals surface area (Å²) in [4.78, 5) is 11.9. The van der Waals surface area contributed by atoms with E-state index in [1.165, 1.54) is 0 Å². The molecule has 11 heavy (non-hydrogen) atoms. The van der Waals surface area contributed by atoms with Crippen LogP contribution in [0.4, 0.5) is 0 Å². The molecule has 1 rings (SSSR count). The molecule has 0 amide bonds. The molecule has 3 nitrogen and oxygen atoms in total. The summed E-state index contributed by atoms with van der Waals surface area (Å²) in [6.45, 7) is 4.03. The van der Waals surface area contributed by atoms with Crippen molar-refractivity contribution in [3.63, 3.8) is 0 Å². The molecule has 1 radical (unpaired) electrons. The number of hydrogen-bond donors (Lipinski definition) is 0. The van der Waals surface area contributed by atoms with Crippen molar-refractivity contribution in [2.75, 3.05) is 0 Å². The van der Waals surface area contributed by atoms with Crippen LogP contribution in [0.2, 0.25) is 0 Å². The van der Waals surface area contributed by atoms with Gasteiger partial charge in [0.05, 0.1) is 0 Å². The van der Waals surface area contributed by atoms with Crippen LogP contribution in [-0.2, 0) is 45.6 Å².